The van der Waals surface area contributed by atoms with Crippen molar-refractivity contribution in [1.82, 2.24) is 0 Å². The van der Waals surface area contributed by atoms with Crippen LogP contribution in [0.15, 0.2) is 54.1 Å². The first-order chi connectivity index (χ1) is 19.7. The molecular formula is C32H40O10. The van der Waals surface area contributed by atoms with Crippen LogP contribution in [0.3, 0.4) is 0 Å². The Morgan fingerprint density at radius 3 is 2.40 bits per heavy atom. The quantitative estimate of drug-likeness (QED) is 0.357. The first-order valence-corrected chi connectivity index (χ1v) is 14.5. The maximum Gasteiger partial charge on any atom is 0.338 e. The lowest BCUT2D eigenvalue weighted by molar-refractivity contribution is -0.361. The van der Waals surface area contributed by atoms with Gasteiger partial charge in [-0.1, -0.05) is 45.5 Å². The van der Waals surface area contributed by atoms with Crippen LogP contribution in [0.5, 0.6) is 0 Å². The average molecular weight is 585 g/mol. The van der Waals surface area contributed by atoms with Crippen molar-refractivity contribution < 1.29 is 48.6 Å². The molecule has 1 aromatic rings. The number of hydrogen-bond acceptors (Lipinski definition) is 10. The van der Waals surface area contributed by atoms with Gasteiger partial charge in [0.05, 0.1) is 36.4 Å². The van der Waals surface area contributed by atoms with Crippen molar-refractivity contribution in [3.05, 3.63) is 59.7 Å². The summed E-state index contributed by atoms with van der Waals surface area (Å²) < 4.78 is 31.2. The molecule has 42 heavy (non-hydrogen) atoms. The Labute approximate surface area is 245 Å². The lowest BCUT2D eigenvalue weighted by atomic mass is 9.44. The molecule has 0 spiro atoms. The minimum atomic E-state index is -1.90. The molecule has 6 rings (SSSR count). The molecule has 4 fully saturated rings. The first kappa shape index (κ1) is 29.5. The number of aliphatic hydroxyl groups excluding tert-OH is 2. The third kappa shape index (κ3) is 3.79. The largest absolute Gasteiger partial charge is 0.455 e. The highest BCUT2D eigenvalue weighted by molar-refractivity contribution is 5.89. The molecule has 0 amide bonds. The smallest absolute Gasteiger partial charge is 0.338 e. The normalized spacial score (nSPS) is 45.2. The molecule has 0 unspecified atom stereocenters. The zero-order chi connectivity index (χ0) is 30.4. The van der Waals surface area contributed by atoms with Crippen molar-refractivity contribution >= 4 is 11.9 Å². The SMILES string of the molecule is C=C[C@@H]1O[C@@H]2C3=C(C)[C@@H](O)C[C@@](O)([C@@H](OC(=O)c4ccccc4)[C@@H]4[C@]5(OC(C)=O)CO[C@@H]5C[C@H](O)[C@@]4(C)[C@@H]2O1)C3(C)C. The van der Waals surface area contributed by atoms with E-state index in [0.717, 1.165) is 0 Å². The van der Waals surface area contributed by atoms with Gasteiger partial charge in [-0.3, -0.25) is 4.79 Å². The van der Waals surface area contributed by atoms with Gasteiger partial charge in [0.15, 0.2) is 11.9 Å². The molecule has 0 radical (unpaired) electrons. The van der Waals surface area contributed by atoms with Crippen molar-refractivity contribution in [2.24, 2.45) is 16.7 Å². The summed E-state index contributed by atoms with van der Waals surface area (Å²) in [5.74, 6) is -2.30. The van der Waals surface area contributed by atoms with Gasteiger partial charge in [0.1, 0.15) is 23.9 Å². The fourth-order valence-electron chi connectivity index (χ4n) is 8.62. The van der Waals surface area contributed by atoms with E-state index in [-0.39, 0.29) is 25.0 Å². The van der Waals surface area contributed by atoms with Crippen LogP contribution in [0.2, 0.25) is 0 Å². The van der Waals surface area contributed by atoms with Crippen LogP contribution in [0.1, 0.15) is 57.8 Å². The summed E-state index contributed by atoms with van der Waals surface area (Å²) in [6.07, 6.45) is -5.34. The van der Waals surface area contributed by atoms with Crippen LogP contribution in [0.25, 0.3) is 0 Å². The van der Waals surface area contributed by atoms with Crippen LogP contribution in [0, 0.1) is 16.7 Å². The Bertz CT molecular complexity index is 1320. The van der Waals surface area contributed by atoms with Gasteiger partial charge in [-0.05, 0) is 36.3 Å². The third-order valence-electron chi connectivity index (χ3n) is 10.9. The zero-order valence-corrected chi connectivity index (χ0v) is 24.6. The predicted octanol–water partition coefficient (Wildman–Crippen LogP) is 2.45. The summed E-state index contributed by atoms with van der Waals surface area (Å²) in [7, 11) is 0. The molecule has 2 heterocycles. The van der Waals surface area contributed by atoms with E-state index in [1.807, 2.05) is 20.8 Å². The number of carbonyl (C=O) groups is 2. The summed E-state index contributed by atoms with van der Waals surface area (Å²) in [4.78, 5) is 26.5. The highest BCUT2D eigenvalue weighted by Crippen LogP contribution is 2.66. The lowest BCUT2D eigenvalue weighted by Crippen LogP contribution is -2.82. The Hall–Kier alpha value is -2.60. The highest BCUT2D eigenvalue weighted by Gasteiger charge is 2.78. The van der Waals surface area contributed by atoms with E-state index in [4.69, 9.17) is 23.7 Å². The summed E-state index contributed by atoms with van der Waals surface area (Å²) >= 11 is 0. The maximum atomic E-state index is 13.8. The van der Waals surface area contributed by atoms with Gasteiger partial charge in [-0.15, -0.1) is 0 Å². The fraction of sp³-hybridized carbons (Fsp3) is 0.625. The van der Waals surface area contributed by atoms with Crippen LogP contribution in [-0.2, 0) is 28.5 Å². The second-order valence-electron chi connectivity index (χ2n) is 13.2. The van der Waals surface area contributed by atoms with Crippen molar-refractivity contribution in [2.45, 2.75) is 102 Å². The fourth-order valence-corrected chi connectivity index (χ4v) is 8.62. The van der Waals surface area contributed by atoms with Crippen molar-refractivity contribution in [3.8, 4) is 0 Å². The monoisotopic (exact) mass is 584 g/mol. The van der Waals surface area contributed by atoms with E-state index in [1.165, 1.54) is 13.0 Å². The van der Waals surface area contributed by atoms with E-state index in [1.54, 1.807) is 37.3 Å². The van der Waals surface area contributed by atoms with Crippen LogP contribution < -0.4 is 0 Å². The van der Waals surface area contributed by atoms with Crippen molar-refractivity contribution in [2.75, 3.05) is 6.61 Å². The zero-order valence-electron chi connectivity index (χ0n) is 24.6. The molecule has 3 aliphatic carbocycles. The van der Waals surface area contributed by atoms with Crippen LogP contribution in [-0.4, -0.2) is 88.0 Å². The number of benzene rings is 1. The number of ether oxygens (including phenoxy) is 5. The molecule has 3 N–H and O–H groups in total. The van der Waals surface area contributed by atoms with Gasteiger partial charge < -0.3 is 39.0 Å². The molecular weight excluding hydrogens is 544 g/mol. The molecule has 10 nitrogen and oxygen atoms in total. The molecule has 2 bridgehead atoms. The molecule has 2 saturated carbocycles. The third-order valence-corrected chi connectivity index (χ3v) is 10.9. The predicted molar refractivity (Wildman–Crippen MR) is 148 cm³/mol. The average Bonchev–Trinajstić information content (AvgIpc) is 3.36. The Kier molecular flexibility index (Phi) is 6.81. The first-order valence-electron chi connectivity index (χ1n) is 14.5. The van der Waals surface area contributed by atoms with Gasteiger partial charge >= 0.3 is 11.9 Å². The van der Waals surface area contributed by atoms with Gasteiger partial charge in [0, 0.05) is 30.6 Å². The summed E-state index contributed by atoms with van der Waals surface area (Å²) in [5, 5.41) is 36.4. The molecule has 2 aliphatic heterocycles. The Morgan fingerprint density at radius 1 is 1.12 bits per heavy atom. The van der Waals surface area contributed by atoms with E-state index in [2.05, 4.69) is 6.58 Å². The standard InChI is InChI=1S/C32H40O10/c1-7-22-39-24-23-16(2)19(34)14-32(37,29(23,4)5)27(41-28(36)18-11-9-8-10-12-18)25-30(6,26(24)40-22)20(35)13-21-31(25,15-38-21)42-17(3)33/h7-12,19-22,24-27,34-35,37H,1,13-15H2,2-6H3/t19-,20-,21+,22+,24+,25-,26+,27-,30+,31-,32+/m0/s1. The molecule has 228 valence electrons. The second kappa shape index (κ2) is 9.70. The van der Waals surface area contributed by atoms with Crippen LogP contribution >= 0.6 is 0 Å². The molecule has 5 aliphatic rings. The molecule has 0 aromatic heterocycles. The summed E-state index contributed by atoms with van der Waals surface area (Å²) in [6, 6.07) is 8.40. The van der Waals surface area contributed by atoms with Gasteiger partial charge in [-0.2, -0.15) is 0 Å². The minimum absolute atomic E-state index is 0.0342. The van der Waals surface area contributed by atoms with E-state index < -0.39 is 82.8 Å². The Morgan fingerprint density at radius 2 is 1.81 bits per heavy atom. The van der Waals surface area contributed by atoms with Crippen molar-refractivity contribution in [3.63, 3.8) is 0 Å². The molecule has 1 aromatic carbocycles. The molecule has 11 atom stereocenters. The van der Waals surface area contributed by atoms with Gasteiger partial charge in [0.2, 0.25) is 0 Å². The number of aliphatic hydroxyl groups is 3. The maximum absolute atomic E-state index is 13.8. The number of rotatable bonds is 4. The van der Waals surface area contributed by atoms with Gasteiger partial charge in [-0.25, -0.2) is 4.79 Å². The van der Waals surface area contributed by atoms with Gasteiger partial charge in [0.25, 0.3) is 0 Å². The number of esters is 2. The highest BCUT2D eigenvalue weighted by atomic mass is 16.7. The topological polar surface area (TPSA) is 141 Å². The Balaban J connectivity index is 1.65. The number of hydrogen-bond donors (Lipinski definition) is 3. The summed E-state index contributed by atoms with van der Waals surface area (Å²) in [6.45, 7) is 12.4. The number of carbonyl (C=O) groups excluding carboxylic acids is 2. The summed E-state index contributed by atoms with van der Waals surface area (Å²) in [5.41, 5.74) is -4.21. The van der Waals surface area contributed by atoms with E-state index in [9.17, 15) is 24.9 Å². The minimum Gasteiger partial charge on any atom is -0.455 e. The number of fused-ring (bicyclic) bond motifs is 8. The van der Waals surface area contributed by atoms with Crippen molar-refractivity contribution in [1.29, 1.82) is 0 Å². The van der Waals surface area contributed by atoms with E-state index in [0.29, 0.717) is 11.1 Å². The van der Waals surface area contributed by atoms with Crippen LogP contribution in [0.4, 0.5) is 0 Å². The lowest BCUT2D eigenvalue weighted by Gasteiger charge is -2.68. The molecule has 2 saturated heterocycles. The second-order valence-corrected chi connectivity index (χ2v) is 13.2. The van der Waals surface area contributed by atoms with E-state index >= 15 is 0 Å². The molecule has 10 heteroatoms.